The Morgan fingerprint density at radius 3 is 2.11 bits per heavy atom. The first-order valence-corrected chi connectivity index (χ1v) is 7.09. The van der Waals surface area contributed by atoms with Gasteiger partial charge in [-0.2, -0.15) is 0 Å². The van der Waals surface area contributed by atoms with Crippen LogP contribution in [0.5, 0.6) is 0 Å². The van der Waals surface area contributed by atoms with E-state index in [1.54, 1.807) is 0 Å². The molecule has 4 heteroatoms. The molecule has 0 saturated heterocycles. The molecular formula is C15H29NO3. The van der Waals surface area contributed by atoms with Gasteiger partial charge in [-0.1, -0.05) is 48.0 Å². The third kappa shape index (κ3) is 7.85. The van der Waals surface area contributed by atoms with E-state index in [0.717, 1.165) is 12.8 Å². The second-order valence-electron chi connectivity index (χ2n) is 6.84. The first-order valence-electron chi connectivity index (χ1n) is 7.09. The number of carboxylic acid groups (broad SMARTS) is 1. The fraction of sp³-hybridized carbons (Fsp3) is 0.867. The number of hydrogen-bond acceptors (Lipinski definition) is 2. The molecule has 0 fully saturated rings. The largest absolute Gasteiger partial charge is 0.480 e. The normalized spacial score (nSPS) is 16.5. The Labute approximate surface area is 117 Å². The SMILES string of the molecule is CCC(C)[C@H](NC(=O)CC(C)CC(C)(C)C)C(=O)O. The summed E-state index contributed by atoms with van der Waals surface area (Å²) in [6, 6.07) is -0.778. The van der Waals surface area contributed by atoms with Crippen molar-refractivity contribution in [3.8, 4) is 0 Å². The van der Waals surface area contributed by atoms with Crippen LogP contribution in [0.1, 0.15) is 60.8 Å². The minimum Gasteiger partial charge on any atom is -0.480 e. The van der Waals surface area contributed by atoms with E-state index >= 15 is 0 Å². The highest BCUT2D eigenvalue weighted by atomic mass is 16.4. The first-order chi connectivity index (χ1) is 8.56. The zero-order chi connectivity index (χ0) is 15.2. The number of rotatable bonds is 7. The van der Waals surface area contributed by atoms with E-state index < -0.39 is 12.0 Å². The Hall–Kier alpha value is -1.06. The van der Waals surface area contributed by atoms with Gasteiger partial charge >= 0.3 is 5.97 Å². The summed E-state index contributed by atoms with van der Waals surface area (Å²) < 4.78 is 0. The van der Waals surface area contributed by atoms with Crippen molar-refractivity contribution in [3.05, 3.63) is 0 Å². The lowest BCUT2D eigenvalue weighted by Gasteiger charge is -2.24. The average molecular weight is 271 g/mol. The Balaban J connectivity index is 4.39. The van der Waals surface area contributed by atoms with Crippen LogP contribution >= 0.6 is 0 Å². The number of aliphatic carboxylic acids is 1. The van der Waals surface area contributed by atoms with Crippen molar-refractivity contribution in [2.24, 2.45) is 17.3 Å². The molecule has 0 aliphatic heterocycles. The lowest BCUT2D eigenvalue weighted by molar-refractivity contribution is -0.143. The second-order valence-corrected chi connectivity index (χ2v) is 6.84. The van der Waals surface area contributed by atoms with Crippen LogP contribution in [0, 0.1) is 17.3 Å². The predicted octanol–water partition coefficient (Wildman–Crippen LogP) is 3.06. The summed E-state index contributed by atoms with van der Waals surface area (Å²) in [6.45, 7) is 12.2. The number of amides is 1. The molecule has 2 N–H and O–H groups in total. The number of carboxylic acids is 1. The number of carbonyl (C=O) groups is 2. The molecule has 0 aliphatic rings. The molecule has 0 heterocycles. The minimum atomic E-state index is -0.953. The fourth-order valence-corrected chi connectivity index (χ4v) is 2.35. The Kier molecular flexibility index (Phi) is 7.09. The van der Waals surface area contributed by atoms with Crippen LogP contribution < -0.4 is 5.32 Å². The minimum absolute atomic E-state index is 0.0561. The maximum atomic E-state index is 11.9. The predicted molar refractivity (Wildman–Crippen MR) is 76.9 cm³/mol. The molecule has 112 valence electrons. The van der Waals surface area contributed by atoms with Crippen LogP contribution in [-0.2, 0) is 9.59 Å². The van der Waals surface area contributed by atoms with Crippen LogP contribution in [0.2, 0.25) is 0 Å². The summed E-state index contributed by atoms with van der Waals surface area (Å²) in [5, 5.41) is 11.8. The van der Waals surface area contributed by atoms with E-state index in [1.165, 1.54) is 0 Å². The van der Waals surface area contributed by atoms with E-state index in [4.69, 9.17) is 5.11 Å². The summed E-state index contributed by atoms with van der Waals surface area (Å²) in [4.78, 5) is 23.0. The molecule has 0 saturated carbocycles. The Bertz CT molecular complexity index is 307. The van der Waals surface area contributed by atoms with Crippen molar-refractivity contribution in [1.29, 1.82) is 0 Å². The molecule has 0 aromatic heterocycles. The van der Waals surface area contributed by atoms with Gasteiger partial charge in [-0.15, -0.1) is 0 Å². The van der Waals surface area contributed by atoms with Crippen LogP contribution in [0.15, 0.2) is 0 Å². The van der Waals surface area contributed by atoms with Crippen LogP contribution in [0.4, 0.5) is 0 Å². The van der Waals surface area contributed by atoms with Crippen LogP contribution in [0.3, 0.4) is 0 Å². The molecule has 0 aromatic rings. The number of hydrogen-bond donors (Lipinski definition) is 2. The lowest BCUT2D eigenvalue weighted by atomic mass is 9.84. The summed E-state index contributed by atoms with van der Waals surface area (Å²) in [5.74, 6) is -0.915. The van der Waals surface area contributed by atoms with Crippen molar-refractivity contribution in [2.75, 3.05) is 0 Å². The van der Waals surface area contributed by atoms with Gasteiger partial charge in [0.05, 0.1) is 0 Å². The van der Waals surface area contributed by atoms with E-state index in [0.29, 0.717) is 6.42 Å². The van der Waals surface area contributed by atoms with Gasteiger partial charge in [0.1, 0.15) is 6.04 Å². The van der Waals surface area contributed by atoms with Crippen LogP contribution in [-0.4, -0.2) is 23.0 Å². The molecule has 0 aromatic carbocycles. The molecule has 0 bridgehead atoms. The third-order valence-corrected chi connectivity index (χ3v) is 3.29. The molecule has 19 heavy (non-hydrogen) atoms. The highest BCUT2D eigenvalue weighted by Crippen LogP contribution is 2.25. The molecule has 0 aliphatic carbocycles. The lowest BCUT2D eigenvalue weighted by Crippen LogP contribution is -2.45. The highest BCUT2D eigenvalue weighted by Gasteiger charge is 2.26. The first kappa shape index (κ1) is 17.9. The van der Waals surface area contributed by atoms with Gasteiger partial charge in [-0.3, -0.25) is 4.79 Å². The third-order valence-electron chi connectivity index (χ3n) is 3.29. The second kappa shape index (κ2) is 7.51. The zero-order valence-electron chi connectivity index (χ0n) is 13.1. The van der Waals surface area contributed by atoms with Crippen molar-refractivity contribution in [1.82, 2.24) is 5.32 Å². The van der Waals surface area contributed by atoms with Crippen molar-refractivity contribution < 1.29 is 14.7 Å². The van der Waals surface area contributed by atoms with Gasteiger partial charge in [0.2, 0.25) is 5.91 Å². The van der Waals surface area contributed by atoms with Crippen LogP contribution in [0.25, 0.3) is 0 Å². The monoisotopic (exact) mass is 271 g/mol. The van der Waals surface area contributed by atoms with E-state index in [1.807, 2.05) is 20.8 Å². The van der Waals surface area contributed by atoms with Crippen molar-refractivity contribution in [3.63, 3.8) is 0 Å². The van der Waals surface area contributed by atoms with E-state index in [2.05, 4.69) is 26.1 Å². The van der Waals surface area contributed by atoms with Gasteiger partial charge in [-0.05, 0) is 23.7 Å². The molecular weight excluding hydrogens is 242 g/mol. The Morgan fingerprint density at radius 2 is 1.74 bits per heavy atom. The molecule has 2 unspecified atom stereocenters. The Morgan fingerprint density at radius 1 is 1.21 bits per heavy atom. The highest BCUT2D eigenvalue weighted by molar-refractivity contribution is 5.83. The zero-order valence-corrected chi connectivity index (χ0v) is 13.1. The van der Waals surface area contributed by atoms with E-state index in [9.17, 15) is 9.59 Å². The molecule has 1 amide bonds. The molecule has 4 nitrogen and oxygen atoms in total. The number of carbonyl (C=O) groups excluding carboxylic acids is 1. The maximum Gasteiger partial charge on any atom is 0.326 e. The quantitative estimate of drug-likeness (QED) is 0.748. The van der Waals surface area contributed by atoms with Gasteiger partial charge in [0, 0.05) is 6.42 Å². The average Bonchev–Trinajstić information content (AvgIpc) is 2.21. The summed E-state index contributed by atoms with van der Waals surface area (Å²) in [5.41, 5.74) is 0.183. The standard InChI is InChI=1S/C15H29NO3/c1-7-11(3)13(14(18)19)16-12(17)8-10(2)9-15(4,5)6/h10-11,13H,7-9H2,1-6H3,(H,16,17)(H,18,19)/t10?,11?,13-/m0/s1. The van der Waals surface area contributed by atoms with Gasteiger partial charge in [0.25, 0.3) is 0 Å². The topological polar surface area (TPSA) is 66.4 Å². The molecule has 3 atom stereocenters. The maximum absolute atomic E-state index is 11.9. The summed E-state index contributed by atoms with van der Waals surface area (Å²) in [6.07, 6.45) is 2.06. The molecule has 0 rings (SSSR count). The fourth-order valence-electron chi connectivity index (χ4n) is 2.35. The van der Waals surface area contributed by atoms with Gasteiger partial charge in [0.15, 0.2) is 0 Å². The van der Waals surface area contributed by atoms with Gasteiger partial charge < -0.3 is 10.4 Å². The summed E-state index contributed by atoms with van der Waals surface area (Å²) in [7, 11) is 0. The molecule has 0 spiro atoms. The molecule has 0 radical (unpaired) electrons. The van der Waals surface area contributed by atoms with Crippen molar-refractivity contribution >= 4 is 11.9 Å². The van der Waals surface area contributed by atoms with E-state index in [-0.39, 0.29) is 23.2 Å². The number of nitrogens with one attached hydrogen (secondary N) is 1. The summed E-state index contributed by atoms with van der Waals surface area (Å²) >= 11 is 0. The van der Waals surface area contributed by atoms with Gasteiger partial charge in [-0.25, -0.2) is 4.79 Å². The van der Waals surface area contributed by atoms with Crippen molar-refractivity contribution in [2.45, 2.75) is 66.8 Å². The smallest absolute Gasteiger partial charge is 0.326 e.